The largest absolute Gasteiger partial charge is 0.497 e. The van der Waals surface area contributed by atoms with Gasteiger partial charge in [-0.1, -0.05) is 0 Å². The molecule has 22 heavy (non-hydrogen) atoms. The molecule has 3 amide bonds. The van der Waals surface area contributed by atoms with E-state index in [9.17, 15) is 9.59 Å². The number of amides is 3. The van der Waals surface area contributed by atoms with E-state index in [2.05, 4.69) is 5.32 Å². The summed E-state index contributed by atoms with van der Waals surface area (Å²) in [6.07, 6.45) is 1.21. The Hall–Kier alpha value is -2.44. The zero-order valence-corrected chi connectivity index (χ0v) is 12.9. The second kappa shape index (κ2) is 7.53. The van der Waals surface area contributed by atoms with Crippen LogP contribution in [0.1, 0.15) is 19.8 Å². The number of nitrogens with zero attached hydrogens (tertiary/aromatic N) is 2. The highest BCUT2D eigenvalue weighted by Gasteiger charge is 2.29. The third kappa shape index (κ3) is 3.81. The molecule has 0 radical (unpaired) electrons. The molecule has 0 bridgehead atoms. The van der Waals surface area contributed by atoms with E-state index >= 15 is 0 Å². The number of rotatable bonds is 3. The van der Waals surface area contributed by atoms with Crippen LogP contribution in [0.25, 0.3) is 0 Å². The Kier molecular flexibility index (Phi) is 5.46. The van der Waals surface area contributed by atoms with E-state index in [0.717, 1.165) is 12.8 Å². The Bertz CT molecular complexity index is 518. The molecule has 7 nitrogen and oxygen atoms in total. The molecule has 1 aliphatic rings. The van der Waals surface area contributed by atoms with E-state index < -0.39 is 6.09 Å². The zero-order valence-electron chi connectivity index (χ0n) is 12.9. The summed E-state index contributed by atoms with van der Waals surface area (Å²) in [5, 5.41) is 5.52. The number of anilines is 1. The first-order valence-corrected chi connectivity index (χ1v) is 7.32. The molecule has 0 aromatic heterocycles. The van der Waals surface area contributed by atoms with Crippen molar-refractivity contribution >= 4 is 17.8 Å². The number of ether oxygens (including phenoxy) is 2. The van der Waals surface area contributed by atoms with Gasteiger partial charge < -0.3 is 14.8 Å². The van der Waals surface area contributed by atoms with Crippen LogP contribution in [0.15, 0.2) is 24.3 Å². The van der Waals surface area contributed by atoms with Crippen LogP contribution in [-0.2, 0) is 4.74 Å². The van der Waals surface area contributed by atoms with Gasteiger partial charge in [0.25, 0.3) is 0 Å². The fourth-order valence-corrected chi connectivity index (χ4v) is 2.23. The molecule has 0 atom stereocenters. The van der Waals surface area contributed by atoms with Gasteiger partial charge in [0.15, 0.2) is 0 Å². The average molecular weight is 307 g/mol. The van der Waals surface area contributed by atoms with Crippen LogP contribution in [0.3, 0.4) is 0 Å². The summed E-state index contributed by atoms with van der Waals surface area (Å²) < 4.78 is 10.1. The Balaban J connectivity index is 2.03. The van der Waals surface area contributed by atoms with Gasteiger partial charge in [0.05, 0.1) is 13.7 Å². The number of benzene rings is 1. The van der Waals surface area contributed by atoms with Crippen LogP contribution in [0.4, 0.5) is 15.3 Å². The Labute approximate surface area is 129 Å². The summed E-state index contributed by atoms with van der Waals surface area (Å²) in [6.45, 7) is 2.99. The molecular formula is C15H21N3O4. The van der Waals surface area contributed by atoms with Crippen molar-refractivity contribution in [3.63, 3.8) is 0 Å². The lowest BCUT2D eigenvalue weighted by atomic mass is 10.2. The normalized spacial score (nSPS) is 14.5. The molecule has 2 rings (SSSR count). The number of hydrazine groups is 1. The first-order chi connectivity index (χ1) is 10.7. The quantitative estimate of drug-likeness (QED) is 0.932. The monoisotopic (exact) mass is 307 g/mol. The summed E-state index contributed by atoms with van der Waals surface area (Å²) in [5.74, 6) is 0.712. The van der Waals surface area contributed by atoms with Crippen LogP contribution in [0, 0.1) is 0 Å². The van der Waals surface area contributed by atoms with E-state index in [1.807, 2.05) is 0 Å². The van der Waals surface area contributed by atoms with Gasteiger partial charge in [-0.2, -0.15) is 0 Å². The standard InChI is InChI=1S/C15H21N3O4/c1-3-22-15(20)18-11-5-4-10-17(18)14(19)16-12-6-8-13(21-2)9-7-12/h6-9H,3-5,10-11H2,1-2H3,(H,16,19). The lowest BCUT2D eigenvalue weighted by Crippen LogP contribution is -2.54. The van der Waals surface area contributed by atoms with Crippen LogP contribution < -0.4 is 10.1 Å². The van der Waals surface area contributed by atoms with Crippen molar-refractivity contribution in [3.8, 4) is 5.75 Å². The lowest BCUT2D eigenvalue weighted by molar-refractivity contribution is -0.00724. The summed E-state index contributed by atoms with van der Waals surface area (Å²) in [5.41, 5.74) is 0.639. The summed E-state index contributed by atoms with van der Waals surface area (Å²) in [6, 6.07) is 6.66. The molecule has 1 saturated heterocycles. The average Bonchev–Trinajstić information content (AvgIpc) is 2.55. The molecule has 120 valence electrons. The smallest absolute Gasteiger partial charge is 0.428 e. The fourth-order valence-electron chi connectivity index (χ4n) is 2.23. The molecule has 1 aromatic carbocycles. The Morgan fingerprint density at radius 2 is 1.77 bits per heavy atom. The topological polar surface area (TPSA) is 71.1 Å². The molecule has 1 aromatic rings. The first-order valence-electron chi connectivity index (χ1n) is 7.32. The van der Waals surface area contributed by atoms with Crippen molar-refractivity contribution in [2.24, 2.45) is 0 Å². The molecule has 1 aliphatic heterocycles. The summed E-state index contributed by atoms with van der Waals surface area (Å²) >= 11 is 0. The van der Waals surface area contributed by atoms with E-state index in [-0.39, 0.29) is 12.6 Å². The van der Waals surface area contributed by atoms with E-state index in [4.69, 9.17) is 9.47 Å². The predicted molar refractivity (Wildman–Crippen MR) is 81.7 cm³/mol. The van der Waals surface area contributed by atoms with E-state index in [0.29, 0.717) is 24.5 Å². The second-order valence-corrected chi connectivity index (χ2v) is 4.81. The molecule has 1 fully saturated rings. The van der Waals surface area contributed by atoms with Gasteiger partial charge in [-0.05, 0) is 44.0 Å². The first kappa shape index (κ1) is 15.9. The lowest BCUT2D eigenvalue weighted by Gasteiger charge is -2.37. The molecule has 0 spiro atoms. The van der Waals surface area contributed by atoms with Crippen molar-refractivity contribution in [1.82, 2.24) is 10.0 Å². The minimum atomic E-state index is -0.493. The number of urea groups is 1. The van der Waals surface area contributed by atoms with Gasteiger partial charge in [0.2, 0.25) is 0 Å². The highest BCUT2D eigenvalue weighted by molar-refractivity contribution is 5.90. The molecular weight excluding hydrogens is 286 g/mol. The van der Waals surface area contributed by atoms with Gasteiger partial charge in [-0.15, -0.1) is 0 Å². The fraction of sp³-hybridized carbons (Fsp3) is 0.467. The Morgan fingerprint density at radius 3 is 2.36 bits per heavy atom. The number of hydrogen-bond acceptors (Lipinski definition) is 4. The molecule has 0 saturated carbocycles. The second-order valence-electron chi connectivity index (χ2n) is 4.81. The predicted octanol–water partition coefficient (Wildman–Crippen LogP) is 2.70. The number of methoxy groups -OCH3 is 1. The number of carbonyl (C=O) groups is 2. The minimum absolute atomic E-state index is 0.281. The highest BCUT2D eigenvalue weighted by Crippen LogP contribution is 2.18. The van der Waals surface area contributed by atoms with Crippen molar-refractivity contribution in [2.45, 2.75) is 19.8 Å². The van der Waals surface area contributed by atoms with Crippen molar-refractivity contribution in [2.75, 3.05) is 32.1 Å². The van der Waals surface area contributed by atoms with Gasteiger partial charge >= 0.3 is 12.1 Å². The van der Waals surface area contributed by atoms with Crippen molar-refractivity contribution in [3.05, 3.63) is 24.3 Å². The highest BCUT2D eigenvalue weighted by atomic mass is 16.6. The molecule has 1 N–H and O–H groups in total. The molecule has 0 unspecified atom stereocenters. The molecule has 7 heteroatoms. The number of carbonyl (C=O) groups excluding carboxylic acids is 2. The van der Waals surface area contributed by atoms with Gasteiger partial charge in [-0.3, -0.25) is 0 Å². The minimum Gasteiger partial charge on any atom is -0.497 e. The molecule has 0 aliphatic carbocycles. The van der Waals surface area contributed by atoms with Gasteiger partial charge in [0.1, 0.15) is 5.75 Å². The summed E-state index contributed by atoms with van der Waals surface area (Å²) in [4.78, 5) is 24.3. The van der Waals surface area contributed by atoms with Crippen LogP contribution >= 0.6 is 0 Å². The van der Waals surface area contributed by atoms with E-state index in [1.165, 1.54) is 10.0 Å². The summed E-state index contributed by atoms with van der Waals surface area (Å²) in [7, 11) is 1.58. The van der Waals surface area contributed by atoms with Crippen LogP contribution in [0.5, 0.6) is 5.75 Å². The number of hydrogen-bond donors (Lipinski definition) is 1. The van der Waals surface area contributed by atoms with Gasteiger partial charge in [0, 0.05) is 18.8 Å². The van der Waals surface area contributed by atoms with Crippen LogP contribution in [0.2, 0.25) is 0 Å². The van der Waals surface area contributed by atoms with Crippen molar-refractivity contribution in [1.29, 1.82) is 0 Å². The zero-order chi connectivity index (χ0) is 15.9. The maximum Gasteiger partial charge on any atom is 0.428 e. The third-order valence-corrected chi connectivity index (χ3v) is 3.34. The maximum absolute atomic E-state index is 12.4. The molecule has 1 heterocycles. The van der Waals surface area contributed by atoms with Gasteiger partial charge in [-0.25, -0.2) is 19.6 Å². The van der Waals surface area contributed by atoms with Crippen LogP contribution in [-0.4, -0.2) is 48.9 Å². The SMILES string of the molecule is CCOC(=O)N1CCCCN1C(=O)Nc1ccc(OC)cc1. The Morgan fingerprint density at radius 1 is 1.14 bits per heavy atom. The van der Waals surface area contributed by atoms with E-state index in [1.54, 1.807) is 38.3 Å². The third-order valence-electron chi connectivity index (χ3n) is 3.34. The van der Waals surface area contributed by atoms with Crippen molar-refractivity contribution < 1.29 is 19.1 Å². The number of nitrogens with one attached hydrogen (secondary N) is 1. The maximum atomic E-state index is 12.4.